The molecule has 0 saturated heterocycles. The number of nitrogens with zero attached hydrogens (tertiary/aromatic N) is 2. The fourth-order valence-electron chi connectivity index (χ4n) is 4.16. The van der Waals surface area contributed by atoms with Crippen LogP contribution in [0.25, 0.3) is 27.5 Å². The molecule has 0 atom stereocenters. The van der Waals surface area contributed by atoms with Crippen LogP contribution in [0.4, 0.5) is 0 Å². The van der Waals surface area contributed by atoms with Gasteiger partial charge in [0.1, 0.15) is 5.39 Å². The zero-order chi connectivity index (χ0) is 18.5. The van der Waals surface area contributed by atoms with Crippen LogP contribution in [0.5, 0.6) is 0 Å². The number of aromatic nitrogens is 2. The molecule has 1 fully saturated rings. The first-order valence-electron chi connectivity index (χ1n) is 9.39. The van der Waals surface area contributed by atoms with Gasteiger partial charge in [0.15, 0.2) is 0 Å². The smallest absolute Gasteiger partial charge is 0.268 e. The van der Waals surface area contributed by atoms with Gasteiger partial charge < -0.3 is 4.57 Å². The van der Waals surface area contributed by atoms with E-state index in [0.29, 0.717) is 11.3 Å². The molecule has 4 aromatic rings. The highest BCUT2D eigenvalue weighted by Gasteiger charge is 2.26. The van der Waals surface area contributed by atoms with Crippen LogP contribution in [0, 0.1) is 0 Å². The van der Waals surface area contributed by atoms with E-state index < -0.39 is 0 Å². The van der Waals surface area contributed by atoms with E-state index in [1.807, 2.05) is 60.1 Å². The number of hydrogen-bond donors (Lipinski definition) is 0. The van der Waals surface area contributed by atoms with Gasteiger partial charge in [-0.3, -0.25) is 14.2 Å². The molecule has 0 amide bonds. The van der Waals surface area contributed by atoms with Crippen LogP contribution in [0.2, 0.25) is 0 Å². The fourth-order valence-corrected chi connectivity index (χ4v) is 4.16. The Labute approximate surface area is 156 Å². The Kier molecular flexibility index (Phi) is 3.54. The van der Waals surface area contributed by atoms with E-state index in [-0.39, 0.29) is 16.4 Å². The maximum Gasteiger partial charge on any atom is 0.268 e. The van der Waals surface area contributed by atoms with Crippen LogP contribution >= 0.6 is 0 Å². The molecule has 5 rings (SSSR count). The lowest BCUT2D eigenvalue weighted by Crippen LogP contribution is -2.30. The van der Waals surface area contributed by atoms with E-state index in [1.165, 1.54) is 6.42 Å². The topological polar surface area (TPSA) is 44.0 Å². The monoisotopic (exact) mass is 356 g/mol. The van der Waals surface area contributed by atoms with Gasteiger partial charge in [-0.05, 0) is 49.1 Å². The summed E-state index contributed by atoms with van der Waals surface area (Å²) in [5.74, 6) is 0.365. The standard InChI is InChI=1S/C23H20N2O2/c1-24-18-13-6-5-12-17(18)22(26)21-20(24)14-19(15-8-7-9-15)25(23(21)27)16-10-3-2-4-11-16/h2-6,10-15H,7-9H2,1H3. The molecule has 0 spiro atoms. The number of hydrogen-bond acceptors (Lipinski definition) is 2. The zero-order valence-corrected chi connectivity index (χ0v) is 15.2. The lowest BCUT2D eigenvalue weighted by molar-refractivity contribution is 0.404. The number of fused-ring (bicyclic) bond motifs is 2. The van der Waals surface area contributed by atoms with Crippen molar-refractivity contribution in [3.8, 4) is 5.69 Å². The number of rotatable bonds is 2. The van der Waals surface area contributed by atoms with E-state index in [9.17, 15) is 9.59 Å². The lowest BCUT2D eigenvalue weighted by Gasteiger charge is -2.29. The molecule has 0 aliphatic heterocycles. The Bertz CT molecular complexity index is 1300. The van der Waals surface area contributed by atoms with Gasteiger partial charge in [-0.15, -0.1) is 0 Å². The second kappa shape index (κ2) is 5.95. The molecule has 4 heteroatoms. The van der Waals surface area contributed by atoms with Gasteiger partial charge >= 0.3 is 0 Å². The summed E-state index contributed by atoms with van der Waals surface area (Å²) in [6.45, 7) is 0. The SMILES string of the molecule is Cn1c2ccccc2c(=O)c2c(=O)n(-c3ccccc3)c(C3CCC3)cc21. The van der Waals surface area contributed by atoms with Crippen molar-refractivity contribution in [1.29, 1.82) is 0 Å². The predicted octanol–water partition coefficient (Wildman–Crippen LogP) is 4.11. The van der Waals surface area contributed by atoms with Crippen LogP contribution in [0.15, 0.2) is 70.3 Å². The highest BCUT2D eigenvalue weighted by Crippen LogP contribution is 2.37. The molecule has 2 aromatic carbocycles. The van der Waals surface area contributed by atoms with Crippen LogP contribution in [-0.4, -0.2) is 9.13 Å². The minimum absolute atomic E-state index is 0.187. The number of para-hydroxylation sites is 2. The summed E-state index contributed by atoms with van der Waals surface area (Å²) in [5, 5.41) is 0.851. The van der Waals surface area contributed by atoms with E-state index in [0.717, 1.165) is 35.3 Å². The third-order valence-electron chi connectivity index (χ3n) is 5.85. The fraction of sp³-hybridized carbons (Fsp3) is 0.217. The van der Waals surface area contributed by atoms with Crippen LogP contribution in [0.1, 0.15) is 30.9 Å². The molecule has 2 aromatic heterocycles. The molecule has 134 valence electrons. The average Bonchev–Trinajstić information content (AvgIpc) is 2.65. The average molecular weight is 356 g/mol. The van der Waals surface area contributed by atoms with E-state index in [4.69, 9.17) is 0 Å². The third kappa shape index (κ3) is 2.29. The Balaban J connectivity index is 1.99. The van der Waals surface area contributed by atoms with Gasteiger partial charge in [-0.1, -0.05) is 36.8 Å². The summed E-state index contributed by atoms with van der Waals surface area (Å²) in [4.78, 5) is 26.7. The zero-order valence-electron chi connectivity index (χ0n) is 15.2. The summed E-state index contributed by atoms with van der Waals surface area (Å²) in [6.07, 6.45) is 3.35. The van der Waals surface area contributed by atoms with Crippen molar-refractivity contribution in [3.05, 3.63) is 86.9 Å². The molecule has 4 nitrogen and oxygen atoms in total. The highest BCUT2D eigenvalue weighted by molar-refractivity contribution is 5.93. The van der Waals surface area contributed by atoms with E-state index in [1.54, 1.807) is 10.6 Å². The normalized spacial score (nSPS) is 14.6. The first kappa shape index (κ1) is 16.1. The van der Waals surface area contributed by atoms with Gasteiger partial charge in [0.25, 0.3) is 5.56 Å². The molecule has 1 aliphatic carbocycles. The van der Waals surface area contributed by atoms with Crippen LogP contribution in [0.3, 0.4) is 0 Å². The van der Waals surface area contributed by atoms with Crippen molar-refractivity contribution < 1.29 is 0 Å². The largest absolute Gasteiger partial charge is 0.343 e. The summed E-state index contributed by atoms with van der Waals surface area (Å²) in [5.41, 5.74) is 3.00. The van der Waals surface area contributed by atoms with Crippen LogP contribution in [-0.2, 0) is 7.05 Å². The molecule has 0 N–H and O–H groups in total. The third-order valence-corrected chi connectivity index (χ3v) is 5.85. The predicted molar refractivity (Wildman–Crippen MR) is 109 cm³/mol. The summed E-state index contributed by atoms with van der Waals surface area (Å²) in [7, 11) is 1.93. The Morgan fingerprint density at radius 3 is 2.30 bits per heavy atom. The van der Waals surface area contributed by atoms with Crippen molar-refractivity contribution in [2.45, 2.75) is 25.2 Å². The lowest BCUT2D eigenvalue weighted by atomic mass is 9.82. The minimum Gasteiger partial charge on any atom is -0.343 e. The first-order chi connectivity index (χ1) is 13.2. The Morgan fingerprint density at radius 2 is 1.59 bits per heavy atom. The van der Waals surface area contributed by atoms with Gasteiger partial charge in [0.2, 0.25) is 5.43 Å². The quantitative estimate of drug-likeness (QED) is 0.507. The van der Waals surface area contributed by atoms with Crippen molar-refractivity contribution in [1.82, 2.24) is 9.13 Å². The Hall–Kier alpha value is -3.14. The molecule has 0 bridgehead atoms. The van der Waals surface area contributed by atoms with Gasteiger partial charge in [-0.2, -0.15) is 0 Å². The number of aryl methyl sites for hydroxylation is 1. The van der Waals surface area contributed by atoms with Crippen molar-refractivity contribution >= 4 is 21.8 Å². The Morgan fingerprint density at radius 1 is 0.889 bits per heavy atom. The van der Waals surface area contributed by atoms with Gasteiger partial charge in [0, 0.05) is 23.8 Å². The second-order valence-corrected chi connectivity index (χ2v) is 7.34. The maximum absolute atomic E-state index is 13.6. The second-order valence-electron chi connectivity index (χ2n) is 7.34. The van der Waals surface area contributed by atoms with E-state index in [2.05, 4.69) is 6.07 Å². The summed E-state index contributed by atoms with van der Waals surface area (Å²) >= 11 is 0. The highest BCUT2D eigenvalue weighted by atomic mass is 16.1. The van der Waals surface area contributed by atoms with Crippen molar-refractivity contribution in [3.63, 3.8) is 0 Å². The molecular weight excluding hydrogens is 336 g/mol. The maximum atomic E-state index is 13.6. The van der Waals surface area contributed by atoms with Gasteiger partial charge in [0.05, 0.1) is 11.0 Å². The molecule has 27 heavy (non-hydrogen) atoms. The number of benzene rings is 2. The molecular formula is C23H20N2O2. The van der Waals surface area contributed by atoms with Crippen LogP contribution < -0.4 is 11.0 Å². The van der Waals surface area contributed by atoms with Crippen molar-refractivity contribution in [2.24, 2.45) is 7.05 Å². The van der Waals surface area contributed by atoms with E-state index >= 15 is 0 Å². The molecule has 1 saturated carbocycles. The van der Waals surface area contributed by atoms with Crippen molar-refractivity contribution in [2.75, 3.05) is 0 Å². The molecule has 1 aliphatic rings. The minimum atomic E-state index is -0.216. The van der Waals surface area contributed by atoms with Gasteiger partial charge in [-0.25, -0.2) is 0 Å². The summed E-state index contributed by atoms with van der Waals surface area (Å²) < 4.78 is 3.73. The molecule has 0 unspecified atom stereocenters. The molecule has 2 heterocycles. The summed E-state index contributed by atoms with van der Waals surface area (Å²) in [6, 6.07) is 19.2. The number of pyridine rings is 2. The molecule has 0 radical (unpaired) electrons. The first-order valence-corrected chi connectivity index (χ1v) is 9.39.